The van der Waals surface area contributed by atoms with Gasteiger partial charge in [-0.3, -0.25) is 19.2 Å². The second-order valence-electron chi connectivity index (χ2n) is 8.58. The van der Waals surface area contributed by atoms with E-state index < -0.39 is 17.6 Å². The number of rotatable bonds is 6. The molecule has 1 aromatic heterocycles. The van der Waals surface area contributed by atoms with Gasteiger partial charge in [-0.25, -0.2) is 0 Å². The second-order valence-corrected chi connectivity index (χ2v) is 9.83. The maximum atomic E-state index is 12.8. The molecule has 0 spiro atoms. The van der Waals surface area contributed by atoms with Crippen LogP contribution in [0.2, 0.25) is 0 Å². The molecular weight excluding hydrogens is 550 g/mol. The Labute approximate surface area is 203 Å². The van der Waals surface area contributed by atoms with Gasteiger partial charge in [0, 0.05) is 30.9 Å². The lowest BCUT2D eigenvalue weighted by Crippen LogP contribution is -2.63. The minimum atomic E-state index is -4.53. The summed E-state index contributed by atoms with van der Waals surface area (Å²) in [7, 11) is 0. The van der Waals surface area contributed by atoms with E-state index >= 15 is 0 Å². The number of nitrogens with one attached hydrogen (secondary N) is 2. The van der Waals surface area contributed by atoms with Gasteiger partial charge < -0.3 is 10.6 Å². The summed E-state index contributed by atoms with van der Waals surface area (Å²) in [5.74, 6) is -1.06. The van der Waals surface area contributed by atoms with Gasteiger partial charge in [-0.15, -0.1) is 0 Å². The van der Waals surface area contributed by atoms with Gasteiger partial charge in [-0.05, 0) is 66.5 Å². The number of carbonyl (C=O) groups is 2. The Morgan fingerprint density at radius 3 is 2.45 bits per heavy atom. The van der Waals surface area contributed by atoms with Gasteiger partial charge in [-0.2, -0.15) is 18.3 Å². The molecule has 7 nitrogen and oxygen atoms in total. The van der Waals surface area contributed by atoms with Crippen LogP contribution in [0.5, 0.6) is 0 Å². The molecule has 1 saturated heterocycles. The van der Waals surface area contributed by atoms with Gasteiger partial charge in [0.25, 0.3) is 5.91 Å². The Hall–Kier alpha value is -2.15. The minimum absolute atomic E-state index is 0.0216. The highest BCUT2D eigenvalue weighted by atomic mass is 127. The Kier molecular flexibility index (Phi) is 7.27. The number of nitrogens with zero attached hydrogens (tertiary/aromatic N) is 3. The predicted octanol–water partition coefficient (Wildman–Crippen LogP) is 3.22. The van der Waals surface area contributed by atoms with Crippen molar-refractivity contribution in [2.24, 2.45) is 0 Å². The molecule has 2 amide bonds. The third-order valence-corrected chi connectivity index (χ3v) is 6.82. The van der Waals surface area contributed by atoms with Gasteiger partial charge in [0.15, 0.2) is 0 Å². The topological polar surface area (TPSA) is 79.3 Å². The highest BCUT2D eigenvalue weighted by Crippen LogP contribution is 2.33. The summed E-state index contributed by atoms with van der Waals surface area (Å²) in [6.45, 7) is 1.25. The molecule has 2 N–H and O–H groups in total. The third-order valence-electron chi connectivity index (χ3n) is 6.26. The molecular formula is C22H25F3IN5O2. The van der Waals surface area contributed by atoms with Crippen molar-refractivity contribution in [2.75, 3.05) is 19.6 Å². The maximum absolute atomic E-state index is 12.8. The van der Waals surface area contributed by atoms with Crippen molar-refractivity contribution in [2.45, 2.75) is 50.0 Å². The molecule has 2 aliphatic rings. The van der Waals surface area contributed by atoms with Crippen LogP contribution in [0.1, 0.15) is 47.6 Å². The average Bonchev–Trinajstić information content (AvgIpc) is 3.20. The highest BCUT2D eigenvalue weighted by molar-refractivity contribution is 14.1. The van der Waals surface area contributed by atoms with Crippen molar-refractivity contribution in [3.8, 4) is 0 Å². The zero-order chi connectivity index (χ0) is 23.6. The molecule has 0 atom stereocenters. The van der Waals surface area contributed by atoms with E-state index in [9.17, 15) is 22.8 Å². The number of aromatic nitrogens is 2. The fraction of sp³-hybridized carbons (Fsp3) is 0.500. The van der Waals surface area contributed by atoms with Gasteiger partial charge in [0.05, 0.1) is 34.0 Å². The summed E-state index contributed by atoms with van der Waals surface area (Å²) in [5.41, 5.74) is -1.03. The quantitative estimate of drug-likeness (QED) is 0.519. The number of likely N-dealkylation sites (tertiary alicyclic amines) is 1. The van der Waals surface area contributed by atoms with Gasteiger partial charge in [-0.1, -0.05) is 6.07 Å². The van der Waals surface area contributed by atoms with Gasteiger partial charge >= 0.3 is 6.18 Å². The summed E-state index contributed by atoms with van der Waals surface area (Å²) in [4.78, 5) is 26.6. The first-order valence-electron chi connectivity index (χ1n) is 10.9. The Morgan fingerprint density at radius 2 is 1.82 bits per heavy atom. The summed E-state index contributed by atoms with van der Waals surface area (Å²) in [6, 6.07) is 5.10. The molecule has 178 valence electrons. The number of benzene rings is 1. The first kappa shape index (κ1) is 24.0. The van der Waals surface area contributed by atoms with Crippen LogP contribution in [-0.2, 0) is 11.0 Å². The van der Waals surface area contributed by atoms with Crippen molar-refractivity contribution in [3.63, 3.8) is 0 Å². The molecule has 1 aromatic carbocycles. The number of alkyl halides is 3. The van der Waals surface area contributed by atoms with Crippen molar-refractivity contribution in [1.82, 2.24) is 25.3 Å². The van der Waals surface area contributed by atoms with Crippen LogP contribution >= 0.6 is 22.6 Å². The normalized spacial score (nSPS) is 21.9. The lowest BCUT2D eigenvalue weighted by Gasteiger charge is -2.46. The highest BCUT2D eigenvalue weighted by Gasteiger charge is 2.35. The number of hydrogen-bond acceptors (Lipinski definition) is 4. The van der Waals surface area contributed by atoms with Crippen LogP contribution in [0.3, 0.4) is 0 Å². The average molecular weight is 575 g/mol. The van der Waals surface area contributed by atoms with E-state index in [0.717, 1.165) is 54.5 Å². The van der Waals surface area contributed by atoms with Gasteiger partial charge in [0.2, 0.25) is 5.91 Å². The first-order chi connectivity index (χ1) is 15.7. The van der Waals surface area contributed by atoms with Crippen LogP contribution < -0.4 is 10.6 Å². The molecule has 1 saturated carbocycles. The molecule has 1 aliphatic heterocycles. The van der Waals surface area contributed by atoms with Crippen molar-refractivity contribution < 1.29 is 22.8 Å². The number of carbonyl (C=O) groups excluding carboxylic acids is 2. The third kappa shape index (κ3) is 6.05. The van der Waals surface area contributed by atoms with Crippen molar-refractivity contribution in [3.05, 3.63) is 51.4 Å². The molecule has 33 heavy (non-hydrogen) atoms. The predicted molar refractivity (Wildman–Crippen MR) is 124 cm³/mol. The molecule has 2 aromatic rings. The van der Waals surface area contributed by atoms with E-state index in [1.165, 1.54) is 12.1 Å². The van der Waals surface area contributed by atoms with Crippen LogP contribution in [-0.4, -0.2) is 58.2 Å². The Bertz CT molecular complexity index is 998. The molecule has 1 aliphatic carbocycles. The summed E-state index contributed by atoms with van der Waals surface area (Å²) in [5, 5.41) is 9.68. The monoisotopic (exact) mass is 575 g/mol. The minimum Gasteiger partial charge on any atom is -0.349 e. The molecule has 0 radical (unpaired) electrons. The first-order valence-corrected chi connectivity index (χ1v) is 12.0. The van der Waals surface area contributed by atoms with E-state index in [0.29, 0.717) is 12.1 Å². The second kappa shape index (κ2) is 10.00. The number of amides is 2. The molecule has 0 unspecified atom stereocenters. The summed E-state index contributed by atoms with van der Waals surface area (Å²) < 4.78 is 41.6. The number of hydrogen-bond donors (Lipinski definition) is 2. The summed E-state index contributed by atoms with van der Waals surface area (Å²) >= 11 is 2.26. The molecule has 2 heterocycles. The molecule has 2 fully saturated rings. The van der Waals surface area contributed by atoms with Gasteiger partial charge in [0.1, 0.15) is 0 Å². The Morgan fingerprint density at radius 1 is 1.12 bits per heavy atom. The number of halogens is 4. The van der Waals surface area contributed by atoms with Crippen LogP contribution in [0, 0.1) is 3.57 Å². The molecule has 11 heteroatoms. The Balaban J connectivity index is 1.15. The summed E-state index contributed by atoms with van der Waals surface area (Å²) in [6.07, 6.45) is 3.77. The van der Waals surface area contributed by atoms with Crippen LogP contribution in [0.4, 0.5) is 13.2 Å². The van der Waals surface area contributed by atoms with Crippen LogP contribution in [0.15, 0.2) is 36.7 Å². The largest absolute Gasteiger partial charge is 0.416 e. The molecule has 4 rings (SSSR count). The lowest BCUT2D eigenvalue weighted by molar-refractivity contribution is -0.137. The van der Waals surface area contributed by atoms with E-state index in [1.807, 2.05) is 6.20 Å². The van der Waals surface area contributed by atoms with E-state index in [2.05, 4.69) is 54.1 Å². The van der Waals surface area contributed by atoms with Crippen molar-refractivity contribution >= 4 is 34.4 Å². The zero-order valence-electron chi connectivity index (χ0n) is 17.8. The smallest absolute Gasteiger partial charge is 0.349 e. The van der Waals surface area contributed by atoms with E-state index in [1.54, 1.807) is 0 Å². The van der Waals surface area contributed by atoms with Crippen LogP contribution in [0.25, 0.3) is 0 Å². The lowest BCUT2D eigenvalue weighted by atomic mass is 9.88. The zero-order valence-corrected chi connectivity index (χ0v) is 20.0. The van der Waals surface area contributed by atoms with Crippen molar-refractivity contribution in [1.29, 1.82) is 0 Å². The fourth-order valence-electron chi connectivity index (χ4n) is 4.48. The fourth-order valence-corrected chi connectivity index (χ4v) is 4.89. The standard InChI is InChI=1S/C22H25F3IN5O2/c23-22(24,25)15-3-1-2-14(8-15)21(33)27-10-20(32)29-17-12-30(13-17)18-4-6-19(7-5-18)31-11-16(26)9-28-31/h1-3,8-9,11,17-19H,4-7,10,12-13H2,(H,27,33)(H,29,32). The van der Waals surface area contributed by atoms with E-state index in [-0.39, 0.29) is 24.1 Å². The molecule has 0 bridgehead atoms. The van der Waals surface area contributed by atoms with E-state index in [4.69, 9.17) is 0 Å². The SMILES string of the molecule is O=C(CNC(=O)c1cccc(C(F)(F)F)c1)NC1CN(C2CCC(n3cc(I)cn3)CC2)C1. The maximum Gasteiger partial charge on any atom is 0.416 e.